The molecule has 0 aromatic carbocycles. The Labute approximate surface area is 82.5 Å². The van der Waals surface area contributed by atoms with Crippen molar-refractivity contribution in [2.75, 3.05) is 5.73 Å². The van der Waals surface area contributed by atoms with Crippen LogP contribution in [0.1, 0.15) is 44.3 Å². The van der Waals surface area contributed by atoms with Gasteiger partial charge in [0, 0.05) is 17.5 Å². The van der Waals surface area contributed by atoms with Crippen molar-refractivity contribution in [1.82, 2.24) is 9.36 Å². The smallest absolute Gasteiger partial charge is 0.199 e. The molecule has 0 spiro atoms. The second kappa shape index (κ2) is 3.62. The van der Waals surface area contributed by atoms with Crippen LogP contribution in [-0.2, 0) is 0 Å². The first-order valence-electron chi connectivity index (χ1n) is 4.88. The molecule has 0 amide bonds. The third-order valence-electron chi connectivity index (χ3n) is 2.94. The minimum atomic E-state index is 0.582. The van der Waals surface area contributed by atoms with Crippen LogP contribution in [0.25, 0.3) is 0 Å². The molecule has 2 rings (SSSR count). The van der Waals surface area contributed by atoms with Crippen LogP contribution < -0.4 is 5.73 Å². The van der Waals surface area contributed by atoms with Gasteiger partial charge < -0.3 is 5.73 Å². The summed E-state index contributed by atoms with van der Waals surface area (Å²) in [6.45, 7) is 2.26. The quantitative estimate of drug-likeness (QED) is 0.792. The molecule has 2 atom stereocenters. The van der Waals surface area contributed by atoms with Gasteiger partial charge in [0.1, 0.15) is 5.82 Å². The van der Waals surface area contributed by atoms with Crippen LogP contribution in [0.4, 0.5) is 5.13 Å². The van der Waals surface area contributed by atoms with E-state index in [0.717, 1.165) is 11.7 Å². The first kappa shape index (κ1) is 8.94. The Morgan fingerprint density at radius 3 is 2.92 bits per heavy atom. The van der Waals surface area contributed by atoms with Crippen LogP contribution in [-0.4, -0.2) is 9.36 Å². The molecule has 72 valence electrons. The lowest BCUT2D eigenvalue weighted by Crippen LogP contribution is -1.97. The van der Waals surface area contributed by atoms with E-state index in [9.17, 15) is 0 Å². The molecular formula is C9H15N3S. The third-order valence-corrected chi connectivity index (χ3v) is 3.50. The van der Waals surface area contributed by atoms with E-state index in [1.165, 1.54) is 37.2 Å². The number of nitrogen functional groups attached to an aromatic ring is 1. The van der Waals surface area contributed by atoms with Gasteiger partial charge in [0.25, 0.3) is 0 Å². The van der Waals surface area contributed by atoms with Gasteiger partial charge in [0.05, 0.1) is 0 Å². The fourth-order valence-corrected chi connectivity index (χ4v) is 2.60. The van der Waals surface area contributed by atoms with E-state index in [1.807, 2.05) is 0 Å². The first-order valence-corrected chi connectivity index (χ1v) is 5.66. The van der Waals surface area contributed by atoms with Gasteiger partial charge in [-0.2, -0.15) is 4.37 Å². The van der Waals surface area contributed by atoms with E-state index in [4.69, 9.17) is 5.73 Å². The van der Waals surface area contributed by atoms with Gasteiger partial charge in [-0.05, 0) is 25.2 Å². The van der Waals surface area contributed by atoms with E-state index in [2.05, 4.69) is 16.3 Å². The molecule has 0 aliphatic heterocycles. The molecule has 1 aliphatic rings. The average molecular weight is 197 g/mol. The molecule has 13 heavy (non-hydrogen) atoms. The Balaban J connectivity index is 2.03. The predicted octanol–water partition coefficient (Wildman–Crippen LogP) is 2.41. The highest BCUT2D eigenvalue weighted by Gasteiger charge is 2.27. The molecule has 3 nitrogen and oxygen atoms in total. The Morgan fingerprint density at radius 2 is 2.38 bits per heavy atom. The van der Waals surface area contributed by atoms with Crippen molar-refractivity contribution in [1.29, 1.82) is 0 Å². The van der Waals surface area contributed by atoms with Gasteiger partial charge in [0.15, 0.2) is 5.13 Å². The lowest BCUT2D eigenvalue weighted by Gasteiger charge is -2.04. The van der Waals surface area contributed by atoms with Crippen LogP contribution in [0, 0.1) is 5.92 Å². The number of hydrogen-bond donors (Lipinski definition) is 1. The number of anilines is 1. The molecule has 1 aromatic heterocycles. The third kappa shape index (κ3) is 1.82. The number of nitrogens with two attached hydrogens (primary N) is 1. The molecule has 1 heterocycles. The van der Waals surface area contributed by atoms with Crippen molar-refractivity contribution < 1.29 is 0 Å². The Morgan fingerprint density at radius 1 is 1.54 bits per heavy atom. The largest absolute Gasteiger partial charge is 0.374 e. The minimum absolute atomic E-state index is 0.582. The highest BCUT2D eigenvalue weighted by atomic mass is 32.1. The summed E-state index contributed by atoms with van der Waals surface area (Å²) in [5.74, 6) is 2.45. The fraction of sp³-hybridized carbons (Fsp3) is 0.778. The van der Waals surface area contributed by atoms with Crippen LogP contribution in [0.2, 0.25) is 0 Å². The highest BCUT2D eigenvalue weighted by Crippen LogP contribution is 2.38. The Kier molecular flexibility index (Phi) is 2.49. The summed E-state index contributed by atoms with van der Waals surface area (Å²) in [6, 6.07) is 0. The average Bonchev–Trinajstić information content (AvgIpc) is 2.71. The number of aromatic nitrogens is 2. The summed E-state index contributed by atoms with van der Waals surface area (Å²) in [5, 5.41) is 0.606. The van der Waals surface area contributed by atoms with E-state index < -0.39 is 0 Å². The number of rotatable bonds is 2. The SMILES string of the molecule is CCC1CCC(c2nsc(N)n2)C1. The second-order valence-electron chi connectivity index (χ2n) is 3.78. The maximum absolute atomic E-state index is 5.56. The van der Waals surface area contributed by atoms with Crippen LogP contribution in [0.3, 0.4) is 0 Å². The minimum Gasteiger partial charge on any atom is -0.374 e. The van der Waals surface area contributed by atoms with E-state index in [0.29, 0.717) is 11.0 Å². The van der Waals surface area contributed by atoms with Crippen LogP contribution >= 0.6 is 11.5 Å². The van der Waals surface area contributed by atoms with Gasteiger partial charge in [-0.25, -0.2) is 4.98 Å². The number of nitrogens with zero attached hydrogens (tertiary/aromatic N) is 2. The van der Waals surface area contributed by atoms with Crippen molar-refractivity contribution in [3.63, 3.8) is 0 Å². The summed E-state index contributed by atoms with van der Waals surface area (Å²) in [5.41, 5.74) is 5.56. The van der Waals surface area contributed by atoms with Gasteiger partial charge in [-0.3, -0.25) is 0 Å². The summed E-state index contributed by atoms with van der Waals surface area (Å²) in [6.07, 6.45) is 5.12. The summed E-state index contributed by atoms with van der Waals surface area (Å²) in [7, 11) is 0. The lowest BCUT2D eigenvalue weighted by molar-refractivity contribution is 0.518. The maximum Gasteiger partial charge on any atom is 0.199 e. The summed E-state index contributed by atoms with van der Waals surface area (Å²) < 4.78 is 4.27. The molecule has 0 bridgehead atoms. The van der Waals surface area contributed by atoms with Gasteiger partial charge in [0.2, 0.25) is 0 Å². The Bertz CT molecular complexity index is 284. The van der Waals surface area contributed by atoms with E-state index in [-0.39, 0.29) is 0 Å². The zero-order valence-electron chi connectivity index (χ0n) is 7.86. The van der Waals surface area contributed by atoms with Crippen molar-refractivity contribution >= 4 is 16.7 Å². The second-order valence-corrected chi connectivity index (χ2v) is 4.56. The molecule has 1 saturated carbocycles. The van der Waals surface area contributed by atoms with Crippen molar-refractivity contribution in [2.24, 2.45) is 5.92 Å². The molecule has 1 aliphatic carbocycles. The number of hydrogen-bond acceptors (Lipinski definition) is 4. The lowest BCUT2D eigenvalue weighted by atomic mass is 10.0. The molecule has 2 unspecified atom stereocenters. The zero-order chi connectivity index (χ0) is 9.26. The van der Waals surface area contributed by atoms with Gasteiger partial charge in [-0.1, -0.05) is 13.3 Å². The van der Waals surface area contributed by atoms with Crippen molar-refractivity contribution in [2.45, 2.75) is 38.5 Å². The molecule has 4 heteroatoms. The predicted molar refractivity (Wildman–Crippen MR) is 54.7 cm³/mol. The molecule has 1 aromatic rings. The van der Waals surface area contributed by atoms with Crippen LogP contribution in [0.5, 0.6) is 0 Å². The zero-order valence-corrected chi connectivity index (χ0v) is 8.68. The van der Waals surface area contributed by atoms with Crippen molar-refractivity contribution in [3.8, 4) is 0 Å². The first-order chi connectivity index (χ1) is 6.29. The van der Waals surface area contributed by atoms with Gasteiger partial charge >= 0.3 is 0 Å². The normalized spacial score (nSPS) is 28.1. The molecule has 2 N–H and O–H groups in total. The van der Waals surface area contributed by atoms with E-state index >= 15 is 0 Å². The topological polar surface area (TPSA) is 51.8 Å². The maximum atomic E-state index is 5.56. The standard InChI is InChI=1S/C9H15N3S/c1-2-6-3-4-7(5-6)8-11-9(10)13-12-8/h6-7H,2-5H2,1H3,(H2,10,11,12). The summed E-state index contributed by atoms with van der Waals surface area (Å²) in [4.78, 5) is 4.25. The molecule has 0 radical (unpaired) electrons. The molecule has 0 saturated heterocycles. The highest BCUT2D eigenvalue weighted by molar-refractivity contribution is 7.09. The van der Waals surface area contributed by atoms with E-state index in [1.54, 1.807) is 0 Å². The molecular weight excluding hydrogens is 182 g/mol. The molecule has 1 fully saturated rings. The van der Waals surface area contributed by atoms with Crippen LogP contribution in [0.15, 0.2) is 0 Å². The Hall–Kier alpha value is -0.640. The summed E-state index contributed by atoms with van der Waals surface area (Å²) >= 11 is 1.32. The fourth-order valence-electron chi connectivity index (χ4n) is 2.09. The monoisotopic (exact) mass is 197 g/mol. The van der Waals surface area contributed by atoms with Crippen molar-refractivity contribution in [3.05, 3.63) is 5.82 Å². The van der Waals surface area contributed by atoms with Gasteiger partial charge in [-0.15, -0.1) is 0 Å².